The van der Waals surface area contributed by atoms with Crippen molar-refractivity contribution in [2.75, 3.05) is 6.61 Å². The van der Waals surface area contributed by atoms with E-state index >= 15 is 0 Å². The highest BCUT2D eigenvalue weighted by atomic mass is 19.4. The first-order valence-electron chi connectivity index (χ1n) is 8.36. The first kappa shape index (κ1) is 20.5. The quantitative estimate of drug-likeness (QED) is 0.762. The van der Waals surface area contributed by atoms with Gasteiger partial charge in [-0.2, -0.15) is 13.2 Å². The number of alkyl halides is 3. The van der Waals surface area contributed by atoms with Crippen molar-refractivity contribution in [3.8, 4) is 0 Å². The zero-order valence-corrected chi connectivity index (χ0v) is 15.0. The van der Waals surface area contributed by atoms with E-state index in [9.17, 15) is 22.8 Å². The SMILES string of the molecule is CC(C)c1ccc(C(=O)OCC(=O)NCc2ccc(C(F)(F)F)cc2)cc1. The molecule has 2 rings (SSSR count). The molecule has 2 aromatic rings. The van der Waals surface area contributed by atoms with E-state index in [1.807, 2.05) is 26.0 Å². The van der Waals surface area contributed by atoms with E-state index in [4.69, 9.17) is 4.74 Å². The molecule has 0 aliphatic heterocycles. The molecule has 144 valence electrons. The zero-order chi connectivity index (χ0) is 20.0. The van der Waals surface area contributed by atoms with Gasteiger partial charge in [0.2, 0.25) is 0 Å². The molecule has 0 aliphatic carbocycles. The first-order valence-corrected chi connectivity index (χ1v) is 8.36. The molecule has 0 saturated carbocycles. The Kier molecular flexibility index (Phi) is 6.60. The molecule has 2 aromatic carbocycles. The predicted molar refractivity (Wildman–Crippen MR) is 94.1 cm³/mol. The molecule has 1 N–H and O–H groups in total. The van der Waals surface area contributed by atoms with Crippen LogP contribution in [0.4, 0.5) is 13.2 Å². The molecule has 0 aromatic heterocycles. The van der Waals surface area contributed by atoms with Gasteiger partial charge in [-0.15, -0.1) is 0 Å². The molecular formula is C20H20F3NO3. The van der Waals surface area contributed by atoms with Crippen molar-refractivity contribution in [1.82, 2.24) is 5.32 Å². The maximum Gasteiger partial charge on any atom is 0.416 e. The molecule has 0 fully saturated rings. The lowest BCUT2D eigenvalue weighted by Gasteiger charge is -2.09. The van der Waals surface area contributed by atoms with Crippen molar-refractivity contribution in [2.45, 2.75) is 32.5 Å². The fourth-order valence-corrected chi connectivity index (χ4v) is 2.28. The lowest BCUT2D eigenvalue weighted by Crippen LogP contribution is -2.28. The van der Waals surface area contributed by atoms with E-state index in [2.05, 4.69) is 5.32 Å². The average molecular weight is 379 g/mol. The van der Waals surface area contributed by atoms with Crippen molar-refractivity contribution in [2.24, 2.45) is 0 Å². The van der Waals surface area contributed by atoms with Gasteiger partial charge in [0.05, 0.1) is 11.1 Å². The summed E-state index contributed by atoms with van der Waals surface area (Å²) in [6.45, 7) is 3.64. The monoisotopic (exact) mass is 379 g/mol. The minimum atomic E-state index is -4.40. The van der Waals surface area contributed by atoms with Crippen LogP contribution in [-0.2, 0) is 22.3 Å². The molecule has 7 heteroatoms. The number of nitrogens with one attached hydrogen (secondary N) is 1. The standard InChI is InChI=1S/C20H20F3NO3/c1-13(2)15-5-7-16(8-6-15)19(26)27-12-18(25)24-11-14-3-9-17(10-4-14)20(21,22)23/h3-10,13H,11-12H2,1-2H3,(H,24,25). The normalized spacial score (nSPS) is 11.3. The Hall–Kier alpha value is -2.83. The zero-order valence-electron chi connectivity index (χ0n) is 15.0. The maximum atomic E-state index is 12.5. The summed E-state index contributed by atoms with van der Waals surface area (Å²) >= 11 is 0. The molecule has 0 radical (unpaired) electrons. The first-order chi connectivity index (χ1) is 12.7. The minimum Gasteiger partial charge on any atom is -0.452 e. The molecule has 0 spiro atoms. The molecule has 0 atom stereocenters. The number of ether oxygens (including phenoxy) is 1. The highest BCUT2D eigenvalue weighted by Crippen LogP contribution is 2.29. The molecule has 27 heavy (non-hydrogen) atoms. The van der Waals surface area contributed by atoms with Crippen molar-refractivity contribution in [3.63, 3.8) is 0 Å². The van der Waals surface area contributed by atoms with E-state index in [1.54, 1.807) is 12.1 Å². The van der Waals surface area contributed by atoms with Crippen LogP contribution in [0.1, 0.15) is 46.8 Å². The van der Waals surface area contributed by atoms with Crippen LogP contribution in [0.2, 0.25) is 0 Å². The molecule has 0 bridgehead atoms. The molecule has 1 amide bonds. The number of amides is 1. The highest BCUT2D eigenvalue weighted by molar-refractivity contribution is 5.91. The Balaban J connectivity index is 1.79. The third kappa shape index (κ3) is 6.13. The largest absolute Gasteiger partial charge is 0.452 e. The van der Waals surface area contributed by atoms with Gasteiger partial charge in [0.1, 0.15) is 0 Å². The summed E-state index contributed by atoms with van der Waals surface area (Å²) in [7, 11) is 0. The van der Waals surface area contributed by atoms with Crippen molar-refractivity contribution in [3.05, 3.63) is 70.8 Å². The molecule has 4 nitrogen and oxygen atoms in total. The van der Waals surface area contributed by atoms with Crippen LogP contribution in [0.3, 0.4) is 0 Å². The van der Waals surface area contributed by atoms with E-state index in [0.29, 0.717) is 17.0 Å². The number of hydrogen-bond acceptors (Lipinski definition) is 3. The van der Waals surface area contributed by atoms with E-state index in [-0.39, 0.29) is 6.54 Å². The van der Waals surface area contributed by atoms with E-state index in [0.717, 1.165) is 17.7 Å². The smallest absolute Gasteiger partial charge is 0.416 e. The number of halogens is 3. The molecular weight excluding hydrogens is 359 g/mol. The number of rotatable bonds is 6. The summed E-state index contributed by atoms with van der Waals surface area (Å²) < 4.78 is 42.4. The molecule has 0 aliphatic rings. The van der Waals surface area contributed by atoms with Gasteiger partial charge < -0.3 is 10.1 Å². The number of hydrogen-bond donors (Lipinski definition) is 1. The van der Waals surface area contributed by atoms with Gasteiger partial charge in [0.15, 0.2) is 6.61 Å². The fraction of sp³-hybridized carbons (Fsp3) is 0.300. The third-order valence-electron chi connectivity index (χ3n) is 3.92. The minimum absolute atomic E-state index is 0.0393. The van der Waals surface area contributed by atoms with Crippen LogP contribution in [0.5, 0.6) is 0 Å². The highest BCUT2D eigenvalue weighted by Gasteiger charge is 2.29. The van der Waals surface area contributed by atoms with Gasteiger partial charge in [0.25, 0.3) is 5.91 Å². The van der Waals surface area contributed by atoms with Crippen LogP contribution >= 0.6 is 0 Å². The van der Waals surface area contributed by atoms with Crippen LogP contribution in [0.25, 0.3) is 0 Å². The van der Waals surface area contributed by atoms with Gasteiger partial charge >= 0.3 is 12.1 Å². The van der Waals surface area contributed by atoms with Crippen molar-refractivity contribution in [1.29, 1.82) is 0 Å². The lowest BCUT2D eigenvalue weighted by atomic mass is 10.0. The van der Waals surface area contributed by atoms with Crippen molar-refractivity contribution < 1.29 is 27.5 Å². The van der Waals surface area contributed by atoms with Gasteiger partial charge in [-0.05, 0) is 41.3 Å². The van der Waals surface area contributed by atoms with E-state index in [1.165, 1.54) is 12.1 Å². The number of benzene rings is 2. The topological polar surface area (TPSA) is 55.4 Å². The van der Waals surface area contributed by atoms with Crippen molar-refractivity contribution >= 4 is 11.9 Å². The Morgan fingerprint density at radius 3 is 2.11 bits per heavy atom. The summed E-state index contributed by atoms with van der Waals surface area (Å²) in [6, 6.07) is 11.4. The number of carbonyl (C=O) groups is 2. The summed E-state index contributed by atoms with van der Waals surface area (Å²) in [5.74, 6) is -0.817. The number of carbonyl (C=O) groups excluding carboxylic acids is 2. The summed E-state index contributed by atoms with van der Waals surface area (Å²) in [6.07, 6.45) is -4.40. The Morgan fingerprint density at radius 2 is 1.59 bits per heavy atom. The molecule has 0 heterocycles. The van der Waals surface area contributed by atoms with Gasteiger partial charge in [-0.1, -0.05) is 38.1 Å². The summed E-state index contributed by atoms with van der Waals surface area (Å²) in [4.78, 5) is 23.7. The average Bonchev–Trinajstić information content (AvgIpc) is 2.64. The Morgan fingerprint density at radius 1 is 1.00 bits per heavy atom. The second-order valence-electron chi connectivity index (χ2n) is 6.32. The summed E-state index contributed by atoms with van der Waals surface area (Å²) in [5.41, 5.74) is 1.18. The summed E-state index contributed by atoms with van der Waals surface area (Å²) in [5, 5.41) is 2.49. The predicted octanol–water partition coefficient (Wildman–Crippen LogP) is 4.30. The maximum absolute atomic E-state index is 12.5. The van der Waals surface area contributed by atoms with Crippen LogP contribution in [0.15, 0.2) is 48.5 Å². The van der Waals surface area contributed by atoms with E-state index < -0.39 is 30.2 Å². The van der Waals surface area contributed by atoms with Gasteiger partial charge in [-0.3, -0.25) is 4.79 Å². The van der Waals surface area contributed by atoms with Crippen LogP contribution < -0.4 is 5.32 Å². The Labute approximate surface area is 155 Å². The number of esters is 1. The third-order valence-corrected chi connectivity index (χ3v) is 3.92. The molecule has 0 saturated heterocycles. The van der Waals surface area contributed by atoms with Gasteiger partial charge in [0, 0.05) is 6.54 Å². The van der Waals surface area contributed by atoms with Crippen LogP contribution in [-0.4, -0.2) is 18.5 Å². The lowest BCUT2D eigenvalue weighted by molar-refractivity contribution is -0.137. The van der Waals surface area contributed by atoms with Gasteiger partial charge in [-0.25, -0.2) is 4.79 Å². The van der Waals surface area contributed by atoms with Crippen LogP contribution in [0, 0.1) is 0 Å². The second kappa shape index (κ2) is 8.70. The fourth-order valence-electron chi connectivity index (χ4n) is 2.28. The molecule has 0 unspecified atom stereocenters. The Bertz CT molecular complexity index is 782. The second-order valence-corrected chi connectivity index (χ2v) is 6.32.